The van der Waals surface area contributed by atoms with Crippen molar-refractivity contribution in [2.45, 2.75) is 257 Å². The van der Waals surface area contributed by atoms with Gasteiger partial charge >= 0.3 is 5.97 Å². The number of hydrogen-bond acceptors (Lipinski definition) is 5. The minimum atomic E-state index is -0.792. The van der Waals surface area contributed by atoms with Crippen LogP contribution < -0.4 is 5.32 Å². The van der Waals surface area contributed by atoms with E-state index in [4.69, 9.17) is 4.74 Å². The molecule has 3 unspecified atom stereocenters. The Morgan fingerprint density at radius 3 is 1.47 bits per heavy atom. The van der Waals surface area contributed by atoms with Crippen LogP contribution in [0.2, 0.25) is 0 Å². The van der Waals surface area contributed by atoms with Crippen LogP contribution in [0, 0.1) is 0 Å². The van der Waals surface area contributed by atoms with Crippen LogP contribution in [0.15, 0.2) is 36.5 Å². The lowest BCUT2D eigenvalue weighted by molar-refractivity contribution is -0.151. The largest absolute Gasteiger partial charge is 0.462 e. The maximum Gasteiger partial charge on any atom is 0.306 e. The van der Waals surface area contributed by atoms with Gasteiger partial charge in [-0.05, 0) is 70.6 Å². The molecule has 0 aromatic carbocycles. The van der Waals surface area contributed by atoms with Crippen molar-refractivity contribution in [1.29, 1.82) is 0 Å². The van der Waals surface area contributed by atoms with Crippen molar-refractivity contribution in [3.05, 3.63) is 36.5 Å². The highest BCUT2D eigenvalue weighted by atomic mass is 16.5. The van der Waals surface area contributed by atoms with Gasteiger partial charge in [0.25, 0.3) is 0 Å². The molecule has 0 bridgehead atoms. The summed E-state index contributed by atoms with van der Waals surface area (Å²) in [5.74, 6) is -0.514. The SMILES string of the molecule is CCCCC/C=C/C=C/CCCCCCCCC(=O)OC(CCC/C=C\CCCCCCCCC)CC(=O)NC(CO)C(O)CCCCCCCCCCC. The number of carbonyl (C=O) groups excluding carboxylic acids is 2. The zero-order chi connectivity index (χ0) is 40.3. The molecule has 0 spiro atoms. The first-order valence-electron chi connectivity index (χ1n) is 23.7. The molecule has 0 fully saturated rings. The highest BCUT2D eigenvalue weighted by molar-refractivity contribution is 5.77. The molecule has 3 N–H and O–H groups in total. The first kappa shape index (κ1) is 53.1. The molecule has 55 heavy (non-hydrogen) atoms. The topological polar surface area (TPSA) is 95.9 Å². The number of carbonyl (C=O) groups is 2. The zero-order valence-electron chi connectivity index (χ0n) is 36.6. The van der Waals surface area contributed by atoms with E-state index in [1.54, 1.807) is 0 Å². The third-order valence-corrected chi connectivity index (χ3v) is 10.7. The summed E-state index contributed by atoms with van der Waals surface area (Å²) in [6.45, 7) is 6.41. The molecule has 322 valence electrons. The Bertz CT molecular complexity index is 915. The summed E-state index contributed by atoms with van der Waals surface area (Å²) in [6, 6.07) is -0.708. The fourth-order valence-corrected chi connectivity index (χ4v) is 7.07. The maximum absolute atomic E-state index is 13.1. The predicted molar refractivity (Wildman–Crippen MR) is 236 cm³/mol. The van der Waals surface area contributed by atoms with Crippen molar-refractivity contribution in [3.8, 4) is 0 Å². The lowest BCUT2D eigenvalue weighted by Crippen LogP contribution is -2.46. The molecule has 1 amide bonds. The van der Waals surface area contributed by atoms with Gasteiger partial charge in [-0.15, -0.1) is 0 Å². The Kier molecular flexibility index (Phi) is 41.7. The summed E-state index contributed by atoms with van der Waals surface area (Å²) in [6.07, 6.45) is 49.2. The number of esters is 1. The molecule has 6 nitrogen and oxygen atoms in total. The number of nitrogens with one attached hydrogen (secondary N) is 1. The third-order valence-electron chi connectivity index (χ3n) is 10.7. The summed E-state index contributed by atoms with van der Waals surface area (Å²) >= 11 is 0. The molecular weight excluding hydrogens is 683 g/mol. The number of aliphatic hydroxyl groups excluding tert-OH is 2. The van der Waals surface area contributed by atoms with Crippen LogP contribution in [0.25, 0.3) is 0 Å². The Labute approximate surface area is 341 Å². The molecule has 0 aliphatic heterocycles. The van der Waals surface area contributed by atoms with E-state index in [0.717, 1.165) is 64.2 Å². The number of ether oxygens (including phenoxy) is 1. The molecule has 0 saturated heterocycles. The Morgan fingerprint density at radius 1 is 0.527 bits per heavy atom. The van der Waals surface area contributed by atoms with Gasteiger partial charge in [0, 0.05) is 6.42 Å². The summed E-state index contributed by atoms with van der Waals surface area (Å²) < 4.78 is 5.89. The van der Waals surface area contributed by atoms with E-state index in [9.17, 15) is 19.8 Å². The van der Waals surface area contributed by atoms with Crippen LogP contribution in [0.3, 0.4) is 0 Å². The predicted octanol–water partition coefficient (Wildman–Crippen LogP) is 13.7. The number of allylic oxidation sites excluding steroid dienone is 6. The summed E-state index contributed by atoms with van der Waals surface area (Å²) in [7, 11) is 0. The molecule has 0 rings (SSSR count). The normalized spacial score (nSPS) is 13.6. The van der Waals surface area contributed by atoms with Crippen molar-refractivity contribution >= 4 is 11.9 Å². The second-order valence-corrected chi connectivity index (χ2v) is 16.2. The molecule has 0 aliphatic carbocycles. The minimum Gasteiger partial charge on any atom is -0.462 e. The zero-order valence-corrected chi connectivity index (χ0v) is 36.6. The number of unbranched alkanes of at least 4 members (excludes halogenated alkanes) is 25. The first-order valence-corrected chi connectivity index (χ1v) is 23.7. The summed E-state index contributed by atoms with van der Waals surface area (Å²) in [5, 5.41) is 23.6. The molecular formula is C49H91NO5. The lowest BCUT2D eigenvalue weighted by atomic mass is 10.0. The van der Waals surface area contributed by atoms with E-state index in [0.29, 0.717) is 19.3 Å². The van der Waals surface area contributed by atoms with Crippen LogP contribution in [0.4, 0.5) is 0 Å². The van der Waals surface area contributed by atoms with Gasteiger partial charge in [0.2, 0.25) is 5.91 Å². The van der Waals surface area contributed by atoms with Crippen molar-refractivity contribution in [1.82, 2.24) is 5.32 Å². The quantitative estimate of drug-likeness (QED) is 0.0248. The van der Waals surface area contributed by atoms with E-state index < -0.39 is 18.2 Å². The monoisotopic (exact) mass is 774 g/mol. The second-order valence-electron chi connectivity index (χ2n) is 16.2. The van der Waals surface area contributed by atoms with E-state index in [2.05, 4.69) is 62.5 Å². The van der Waals surface area contributed by atoms with Gasteiger partial charge in [-0.3, -0.25) is 9.59 Å². The van der Waals surface area contributed by atoms with Crippen LogP contribution in [0.1, 0.15) is 239 Å². The van der Waals surface area contributed by atoms with Crippen LogP contribution in [-0.4, -0.2) is 46.9 Å². The van der Waals surface area contributed by atoms with E-state index in [1.807, 2.05) is 0 Å². The maximum atomic E-state index is 13.1. The molecule has 0 aromatic rings. The smallest absolute Gasteiger partial charge is 0.306 e. The van der Waals surface area contributed by atoms with Gasteiger partial charge in [-0.2, -0.15) is 0 Å². The Hall–Kier alpha value is -1.92. The van der Waals surface area contributed by atoms with Gasteiger partial charge in [-0.25, -0.2) is 0 Å². The Balaban J connectivity index is 4.62. The number of aliphatic hydroxyl groups is 2. The van der Waals surface area contributed by atoms with Gasteiger partial charge in [0.05, 0.1) is 25.2 Å². The van der Waals surface area contributed by atoms with Gasteiger partial charge in [0.1, 0.15) is 6.10 Å². The molecule has 0 saturated carbocycles. The van der Waals surface area contributed by atoms with Crippen LogP contribution in [-0.2, 0) is 14.3 Å². The fourth-order valence-electron chi connectivity index (χ4n) is 7.07. The molecule has 6 heteroatoms. The van der Waals surface area contributed by atoms with Gasteiger partial charge < -0.3 is 20.3 Å². The van der Waals surface area contributed by atoms with E-state index >= 15 is 0 Å². The van der Waals surface area contributed by atoms with Crippen molar-refractivity contribution in [2.75, 3.05) is 6.61 Å². The number of rotatable bonds is 42. The molecule has 3 atom stereocenters. The molecule has 0 radical (unpaired) electrons. The average Bonchev–Trinajstić information content (AvgIpc) is 3.18. The van der Waals surface area contributed by atoms with Crippen LogP contribution >= 0.6 is 0 Å². The highest BCUT2D eigenvalue weighted by Crippen LogP contribution is 2.16. The molecule has 0 heterocycles. The third kappa shape index (κ3) is 38.7. The second kappa shape index (κ2) is 43.2. The minimum absolute atomic E-state index is 0.0534. The molecule has 0 aliphatic rings. The lowest BCUT2D eigenvalue weighted by Gasteiger charge is -2.24. The number of hydrogen-bond donors (Lipinski definition) is 3. The van der Waals surface area contributed by atoms with Crippen LogP contribution in [0.5, 0.6) is 0 Å². The summed E-state index contributed by atoms with van der Waals surface area (Å²) in [5.41, 5.74) is 0. The van der Waals surface area contributed by atoms with Gasteiger partial charge in [0.15, 0.2) is 0 Å². The fraction of sp³-hybridized carbons (Fsp3) is 0.837. The number of amides is 1. The van der Waals surface area contributed by atoms with Crippen molar-refractivity contribution < 1.29 is 24.5 Å². The Morgan fingerprint density at radius 2 is 0.945 bits per heavy atom. The van der Waals surface area contributed by atoms with E-state index in [-0.39, 0.29) is 24.9 Å². The average molecular weight is 774 g/mol. The highest BCUT2D eigenvalue weighted by Gasteiger charge is 2.24. The van der Waals surface area contributed by atoms with E-state index in [1.165, 1.54) is 128 Å². The summed E-state index contributed by atoms with van der Waals surface area (Å²) in [4.78, 5) is 26.0. The first-order chi connectivity index (χ1) is 27.0. The van der Waals surface area contributed by atoms with Gasteiger partial charge in [-0.1, -0.05) is 192 Å². The molecule has 0 aromatic heterocycles. The van der Waals surface area contributed by atoms with Crippen molar-refractivity contribution in [2.24, 2.45) is 0 Å². The standard InChI is InChI=1S/C49H91NO5/c1-4-7-10-13-16-19-21-23-24-25-27-30-33-36-39-42-49(54)55-45(40-37-34-31-29-26-22-20-17-14-11-8-5-2)43-48(53)50-46(44-51)47(52)41-38-35-32-28-18-15-12-9-6-3/h16,19,21,23,29,31,45-47,51-52H,4-15,17-18,20,22,24-28,30,32-44H2,1-3H3,(H,50,53)/b19-16+,23-21+,31-29-. The van der Waals surface area contributed by atoms with Crippen molar-refractivity contribution in [3.63, 3.8) is 0 Å².